The Hall–Kier alpha value is -3.19. The van der Waals surface area contributed by atoms with Crippen LogP contribution < -0.4 is 10.6 Å². The molecule has 1 aliphatic heterocycles. The van der Waals surface area contributed by atoms with Gasteiger partial charge in [-0.15, -0.1) is 0 Å². The zero-order valence-electron chi connectivity index (χ0n) is 18.4. The number of amides is 3. The van der Waals surface area contributed by atoms with E-state index in [-0.39, 0.29) is 36.5 Å². The van der Waals surface area contributed by atoms with Crippen LogP contribution in [0.3, 0.4) is 0 Å². The molecule has 0 aromatic heterocycles. The lowest BCUT2D eigenvalue weighted by Gasteiger charge is -2.25. The lowest BCUT2D eigenvalue weighted by Crippen LogP contribution is -2.41. The smallest absolute Gasteiger partial charge is 0.315 e. The number of aryl methyl sites for hydroxylation is 1. The summed E-state index contributed by atoms with van der Waals surface area (Å²) >= 11 is 6.13. The van der Waals surface area contributed by atoms with Crippen LogP contribution in [0, 0.1) is 6.92 Å². The van der Waals surface area contributed by atoms with Crippen LogP contribution in [0.25, 0.3) is 0 Å². The first kappa shape index (κ1) is 23.0. The highest BCUT2D eigenvalue weighted by Crippen LogP contribution is 2.30. The molecule has 0 bridgehead atoms. The van der Waals surface area contributed by atoms with Gasteiger partial charge in [-0.2, -0.15) is 0 Å². The van der Waals surface area contributed by atoms with Crippen molar-refractivity contribution in [2.24, 2.45) is 0 Å². The number of carbonyl (C=O) groups is 4. The summed E-state index contributed by atoms with van der Waals surface area (Å²) < 4.78 is 0. The number of Topliss-reactive ketones (excluding diaryl/α,β-unsaturated/α-hetero) is 2. The van der Waals surface area contributed by atoms with Gasteiger partial charge >= 0.3 is 6.03 Å². The second-order valence-corrected chi connectivity index (χ2v) is 8.99. The molecule has 3 amide bonds. The number of carbonyl (C=O) groups excluding carboxylic acids is 4. The molecule has 0 radical (unpaired) electrons. The number of fused-ring (bicyclic) bond motifs is 1. The van der Waals surface area contributed by atoms with E-state index in [0.29, 0.717) is 42.9 Å². The largest absolute Gasteiger partial charge is 0.334 e. The van der Waals surface area contributed by atoms with E-state index in [1.807, 2.05) is 31.2 Å². The Kier molecular flexibility index (Phi) is 6.79. The van der Waals surface area contributed by atoms with Crippen molar-refractivity contribution in [2.45, 2.75) is 58.3 Å². The number of hydrogen-bond acceptors (Lipinski definition) is 4. The molecule has 1 aliphatic carbocycles. The second kappa shape index (κ2) is 9.75. The maximum atomic E-state index is 13.0. The molecule has 2 aromatic rings. The number of benzene rings is 2. The van der Waals surface area contributed by atoms with E-state index < -0.39 is 6.04 Å². The standard InChI is InChI=1S/C25H26ClN3O4/c1-15-8-9-16(10-21(15)26)12-27-25(33)28-13-17-4-2-6-19-20(17)14-29(24(19)32)22-7-3-5-18(30)11-23(22)31/h2,4,6,8-10,22H,3,5,7,11-14H2,1H3,(H2,27,28,33). The van der Waals surface area contributed by atoms with Crippen molar-refractivity contribution < 1.29 is 19.2 Å². The van der Waals surface area contributed by atoms with E-state index in [0.717, 1.165) is 22.3 Å². The molecule has 7 nitrogen and oxygen atoms in total. The lowest BCUT2D eigenvalue weighted by molar-refractivity contribution is -0.128. The molecule has 1 saturated carbocycles. The quantitative estimate of drug-likeness (QED) is 0.518. The van der Waals surface area contributed by atoms with Crippen molar-refractivity contribution in [2.75, 3.05) is 0 Å². The van der Waals surface area contributed by atoms with Crippen LogP contribution in [-0.2, 0) is 29.2 Å². The van der Waals surface area contributed by atoms with E-state index >= 15 is 0 Å². The first-order chi connectivity index (χ1) is 15.8. The fraction of sp³-hybridized carbons (Fsp3) is 0.360. The summed E-state index contributed by atoms with van der Waals surface area (Å²) in [5.74, 6) is -0.440. The van der Waals surface area contributed by atoms with Crippen molar-refractivity contribution in [3.8, 4) is 0 Å². The van der Waals surface area contributed by atoms with Gasteiger partial charge in [-0.1, -0.05) is 35.9 Å². The van der Waals surface area contributed by atoms with Gasteiger partial charge in [0.05, 0.1) is 12.5 Å². The molecule has 1 atom stereocenters. The molecule has 0 spiro atoms. The molecular weight excluding hydrogens is 442 g/mol. The molecule has 172 valence electrons. The molecule has 2 aromatic carbocycles. The summed E-state index contributed by atoms with van der Waals surface area (Å²) in [6, 6.07) is 10.1. The Morgan fingerprint density at radius 2 is 1.91 bits per heavy atom. The average molecular weight is 468 g/mol. The highest BCUT2D eigenvalue weighted by atomic mass is 35.5. The van der Waals surface area contributed by atoms with E-state index in [2.05, 4.69) is 10.6 Å². The van der Waals surface area contributed by atoms with Crippen molar-refractivity contribution in [3.05, 3.63) is 69.2 Å². The van der Waals surface area contributed by atoms with E-state index in [9.17, 15) is 19.2 Å². The monoisotopic (exact) mass is 467 g/mol. The number of ketones is 2. The van der Waals surface area contributed by atoms with Gasteiger partial charge in [0.25, 0.3) is 5.91 Å². The minimum Gasteiger partial charge on any atom is -0.334 e. The summed E-state index contributed by atoms with van der Waals surface area (Å²) in [6.45, 7) is 2.82. The number of halogens is 1. The molecule has 2 aliphatic rings. The Morgan fingerprint density at radius 3 is 2.70 bits per heavy atom. The normalized spacial score (nSPS) is 18.2. The Labute approximate surface area is 197 Å². The SMILES string of the molecule is Cc1ccc(CNC(=O)NCc2cccc3c2CN(C2CCCC(=O)CC2=O)C3=O)cc1Cl. The van der Waals surface area contributed by atoms with Gasteiger partial charge in [0.15, 0.2) is 5.78 Å². The second-order valence-electron chi connectivity index (χ2n) is 8.59. The van der Waals surface area contributed by atoms with Crippen molar-refractivity contribution >= 4 is 35.1 Å². The maximum absolute atomic E-state index is 13.0. The maximum Gasteiger partial charge on any atom is 0.315 e. The van der Waals surface area contributed by atoms with E-state index in [4.69, 9.17) is 11.6 Å². The molecule has 1 heterocycles. The van der Waals surface area contributed by atoms with Gasteiger partial charge in [-0.25, -0.2) is 4.79 Å². The van der Waals surface area contributed by atoms with Crippen LogP contribution in [0.4, 0.5) is 4.79 Å². The number of nitrogens with one attached hydrogen (secondary N) is 2. The molecule has 33 heavy (non-hydrogen) atoms. The summed E-state index contributed by atoms with van der Waals surface area (Å²) in [5.41, 5.74) is 4.07. The fourth-order valence-corrected chi connectivity index (χ4v) is 4.59. The van der Waals surface area contributed by atoms with Gasteiger partial charge in [-0.05, 0) is 54.2 Å². The van der Waals surface area contributed by atoms with Gasteiger partial charge < -0.3 is 15.5 Å². The fourth-order valence-electron chi connectivity index (χ4n) is 4.39. The van der Waals surface area contributed by atoms with Gasteiger partial charge in [0.2, 0.25) is 0 Å². The number of urea groups is 1. The molecular formula is C25H26ClN3O4. The minimum absolute atomic E-state index is 0.0597. The topological polar surface area (TPSA) is 95.6 Å². The highest BCUT2D eigenvalue weighted by molar-refractivity contribution is 6.31. The summed E-state index contributed by atoms with van der Waals surface area (Å²) in [7, 11) is 0. The van der Waals surface area contributed by atoms with E-state index in [1.165, 1.54) is 0 Å². The van der Waals surface area contributed by atoms with Crippen molar-refractivity contribution in [3.63, 3.8) is 0 Å². The number of hydrogen-bond donors (Lipinski definition) is 2. The predicted octanol–water partition coefficient (Wildman–Crippen LogP) is 3.68. The molecule has 2 N–H and O–H groups in total. The Morgan fingerprint density at radius 1 is 1.12 bits per heavy atom. The van der Waals surface area contributed by atoms with Crippen LogP contribution in [0.1, 0.15) is 58.3 Å². The molecule has 1 unspecified atom stereocenters. The van der Waals surface area contributed by atoms with E-state index in [1.54, 1.807) is 17.0 Å². The first-order valence-electron chi connectivity index (χ1n) is 11.1. The molecule has 1 fully saturated rings. The van der Waals surface area contributed by atoms with Crippen LogP contribution in [0.15, 0.2) is 36.4 Å². The first-order valence-corrected chi connectivity index (χ1v) is 11.4. The Balaban J connectivity index is 1.39. The van der Waals surface area contributed by atoms with Crippen LogP contribution >= 0.6 is 11.6 Å². The van der Waals surface area contributed by atoms with Gasteiger partial charge in [0, 0.05) is 36.6 Å². The van der Waals surface area contributed by atoms with Crippen LogP contribution in [-0.4, -0.2) is 34.4 Å². The summed E-state index contributed by atoms with van der Waals surface area (Å²) in [4.78, 5) is 51.2. The number of nitrogens with zero attached hydrogens (tertiary/aromatic N) is 1. The zero-order chi connectivity index (χ0) is 23.5. The summed E-state index contributed by atoms with van der Waals surface area (Å²) in [6.07, 6.45) is 1.39. The van der Waals surface area contributed by atoms with Crippen LogP contribution in [0.2, 0.25) is 5.02 Å². The molecule has 8 heteroatoms. The predicted molar refractivity (Wildman–Crippen MR) is 124 cm³/mol. The van der Waals surface area contributed by atoms with Crippen LogP contribution in [0.5, 0.6) is 0 Å². The third-order valence-corrected chi connectivity index (χ3v) is 6.68. The molecule has 0 saturated heterocycles. The lowest BCUT2D eigenvalue weighted by atomic mass is 10.0. The minimum atomic E-state index is -0.568. The third kappa shape index (κ3) is 5.09. The summed E-state index contributed by atoms with van der Waals surface area (Å²) in [5, 5.41) is 6.29. The van der Waals surface area contributed by atoms with Crippen molar-refractivity contribution in [1.82, 2.24) is 15.5 Å². The number of rotatable bonds is 5. The van der Waals surface area contributed by atoms with Crippen molar-refractivity contribution in [1.29, 1.82) is 0 Å². The third-order valence-electron chi connectivity index (χ3n) is 6.27. The zero-order valence-corrected chi connectivity index (χ0v) is 19.2. The molecule has 4 rings (SSSR count). The van der Waals surface area contributed by atoms with Gasteiger partial charge in [0.1, 0.15) is 5.78 Å². The van der Waals surface area contributed by atoms with Gasteiger partial charge in [-0.3, -0.25) is 14.4 Å². The average Bonchev–Trinajstić information content (AvgIpc) is 3.02. The Bertz CT molecular complexity index is 1130. The highest BCUT2D eigenvalue weighted by Gasteiger charge is 2.38.